The number of ether oxygens (including phenoxy) is 1. The fourth-order valence-electron chi connectivity index (χ4n) is 4.50. The van der Waals surface area contributed by atoms with Crippen LogP contribution >= 0.6 is 0 Å². The molecule has 0 atom stereocenters. The van der Waals surface area contributed by atoms with Crippen molar-refractivity contribution in [1.82, 2.24) is 4.57 Å². The summed E-state index contributed by atoms with van der Waals surface area (Å²) in [6.07, 6.45) is 3.88. The number of nitrogens with two attached hydrogens (primary N) is 1. The van der Waals surface area contributed by atoms with Crippen LogP contribution in [0.1, 0.15) is 83.1 Å². The van der Waals surface area contributed by atoms with Gasteiger partial charge in [-0.1, -0.05) is 33.8 Å². The van der Waals surface area contributed by atoms with Crippen LogP contribution in [0.15, 0.2) is 24.4 Å². The van der Waals surface area contributed by atoms with Crippen molar-refractivity contribution < 1.29 is 14.3 Å². The third-order valence-corrected chi connectivity index (χ3v) is 6.71. The average Bonchev–Trinajstić information content (AvgIpc) is 3.00. The van der Waals surface area contributed by atoms with Crippen LogP contribution in [0.25, 0.3) is 10.9 Å². The first kappa shape index (κ1) is 21.4. The molecule has 0 saturated heterocycles. The van der Waals surface area contributed by atoms with E-state index in [0.717, 1.165) is 23.7 Å². The van der Waals surface area contributed by atoms with Crippen LogP contribution in [0, 0.1) is 10.8 Å². The van der Waals surface area contributed by atoms with Crippen molar-refractivity contribution in [2.24, 2.45) is 16.6 Å². The van der Waals surface area contributed by atoms with Gasteiger partial charge < -0.3 is 15.0 Å². The Balaban J connectivity index is 1.98. The maximum absolute atomic E-state index is 12.3. The molecule has 1 amide bonds. The van der Waals surface area contributed by atoms with Crippen molar-refractivity contribution in [1.29, 1.82) is 0 Å². The molecule has 29 heavy (non-hydrogen) atoms. The highest BCUT2D eigenvalue weighted by atomic mass is 16.6. The van der Waals surface area contributed by atoms with E-state index in [-0.39, 0.29) is 23.3 Å². The molecule has 3 rings (SSSR count). The van der Waals surface area contributed by atoms with E-state index < -0.39 is 11.5 Å². The van der Waals surface area contributed by atoms with Crippen LogP contribution in [-0.2, 0) is 16.1 Å². The molecule has 5 nitrogen and oxygen atoms in total. The zero-order valence-corrected chi connectivity index (χ0v) is 18.8. The number of rotatable bonds is 4. The van der Waals surface area contributed by atoms with Crippen molar-refractivity contribution >= 4 is 22.8 Å². The van der Waals surface area contributed by atoms with Crippen molar-refractivity contribution in [2.75, 3.05) is 0 Å². The predicted octanol–water partition coefficient (Wildman–Crippen LogP) is 5.01. The minimum absolute atomic E-state index is 0.0455. The molecule has 2 aromatic rings. The van der Waals surface area contributed by atoms with Crippen LogP contribution < -0.4 is 5.73 Å². The lowest BCUT2D eigenvalue weighted by atomic mass is 9.71. The molecule has 0 spiro atoms. The maximum Gasteiger partial charge on any atom is 0.326 e. The number of hydrogen-bond donors (Lipinski definition) is 1. The number of hydrogen-bond acceptors (Lipinski definition) is 3. The number of aromatic nitrogens is 1. The maximum atomic E-state index is 12.3. The Kier molecular flexibility index (Phi) is 5.09. The molecule has 0 unspecified atom stereocenters. The first-order valence-corrected chi connectivity index (χ1v) is 10.3. The lowest BCUT2D eigenvalue weighted by Crippen LogP contribution is -2.26. The van der Waals surface area contributed by atoms with E-state index >= 15 is 0 Å². The summed E-state index contributed by atoms with van der Waals surface area (Å²) in [5.74, 6) is -0.379. The molecule has 1 fully saturated rings. The highest BCUT2D eigenvalue weighted by Crippen LogP contribution is 2.57. The molecule has 0 aliphatic heterocycles. The number of carbonyl (C=O) groups excluding carboxylic acids is 2. The van der Waals surface area contributed by atoms with Gasteiger partial charge in [-0.3, -0.25) is 9.59 Å². The van der Waals surface area contributed by atoms with Crippen molar-refractivity contribution in [3.63, 3.8) is 0 Å². The Morgan fingerprint density at radius 3 is 2.24 bits per heavy atom. The quantitative estimate of drug-likeness (QED) is 0.736. The van der Waals surface area contributed by atoms with Crippen LogP contribution in [0.2, 0.25) is 0 Å². The fraction of sp³-hybridized carbons (Fsp3) is 0.583. The number of amides is 1. The summed E-state index contributed by atoms with van der Waals surface area (Å²) >= 11 is 0. The predicted molar refractivity (Wildman–Crippen MR) is 116 cm³/mol. The second-order valence-electron chi connectivity index (χ2n) is 10.8. The van der Waals surface area contributed by atoms with Crippen LogP contribution in [0.3, 0.4) is 0 Å². The van der Waals surface area contributed by atoms with Gasteiger partial charge in [0, 0.05) is 17.1 Å². The molecule has 158 valence electrons. The van der Waals surface area contributed by atoms with Gasteiger partial charge in [0.15, 0.2) is 0 Å². The second-order valence-corrected chi connectivity index (χ2v) is 10.8. The molecule has 0 radical (unpaired) electrons. The van der Waals surface area contributed by atoms with Gasteiger partial charge in [-0.25, -0.2) is 0 Å². The van der Waals surface area contributed by atoms with Crippen molar-refractivity contribution in [2.45, 2.75) is 79.4 Å². The van der Waals surface area contributed by atoms with Gasteiger partial charge in [-0.15, -0.1) is 0 Å². The van der Waals surface area contributed by atoms with Crippen molar-refractivity contribution in [3.8, 4) is 0 Å². The van der Waals surface area contributed by atoms with Gasteiger partial charge in [0.05, 0.1) is 5.56 Å². The van der Waals surface area contributed by atoms with Gasteiger partial charge in [0.1, 0.15) is 12.1 Å². The summed E-state index contributed by atoms with van der Waals surface area (Å²) < 4.78 is 7.19. The molecule has 5 heteroatoms. The number of benzene rings is 1. The topological polar surface area (TPSA) is 74.3 Å². The van der Waals surface area contributed by atoms with Crippen LogP contribution in [0.4, 0.5) is 0 Å². The number of nitrogens with zero attached hydrogens (tertiary/aromatic N) is 1. The van der Waals surface area contributed by atoms with E-state index in [9.17, 15) is 9.59 Å². The standard InChI is InChI=1S/C24H34N2O3/c1-22(2,3)29-20(27)14-26-13-18(21(25)28)17-10-15(8-9-19(17)26)16-11-23(4,5)24(6,7)12-16/h8-10,13,16H,11-12,14H2,1-7H3,(H2,25,28). The highest BCUT2D eigenvalue weighted by Gasteiger charge is 2.46. The van der Waals surface area contributed by atoms with E-state index in [2.05, 4.69) is 39.8 Å². The Hall–Kier alpha value is -2.30. The van der Waals surface area contributed by atoms with Gasteiger partial charge >= 0.3 is 5.97 Å². The number of fused-ring (bicyclic) bond motifs is 1. The zero-order valence-electron chi connectivity index (χ0n) is 18.8. The summed E-state index contributed by atoms with van der Waals surface area (Å²) in [5, 5.41) is 0.807. The summed E-state index contributed by atoms with van der Waals surface area (Å²) in [5.41, 5.74) is 8.10. The zero-order chi connectivity index (χ0) is 21.8. The van der Waals surface area contributed by atoms with E-state index in [1.165, 1.54) is 5.56 Å². The van der Waals surface area contributed by atoms with Crippen LogP contribution in [-0.4, -0.2) is 22.0 Å². The molecule has 1 heterocycles. The molecule has 1 aliphatic rings. The SMILES string of the molecule is CC(C)(C)OC(=O)Cn1cc(C(N)=O)c2cc(C3CC(C)(C)C(C)(C)C3)ccc21. The normalized spacial score (nSPS) is 18.9. The molecule has 1 aromatic carbocycles. The number of carbonyl (C=O) groups is 2. The minimum atomic E-state index is -0.554. The largest absolute Gasteiger partial charge is 0.459 e. The Labute approximate surface area is 173 Å². The lowest BCUT2D eigenvalue weighted by Gasteiger charge is -2.34. The van der Waals surface area contributed by atoms with Gasteiger partial charge in [-0.05, 0) is 68.1 Å². The molecule has 1 aromatic heterocycles. The monoisotopic (exact) mass is 398 g/mol. The summed E-state index contributed by atoms with van der Waals surface area (Å²) in [7, 11) is 0. The van der Waals surface area contributed by atoms with Gasteiger partial charge in [0.25, 0.3) is 5.91 Å². The van der Waals surface area contributed by atoms with E-state index in [0.29, 0.717) is 11.5 Å². The Morgan fingerprint density at radius 2 is 1.72 bits per heavy atom. The summed E-state index contributed by atoms with van der Waals surface area (Å²) in [6.45, 7) is 14.9. The highest BCUT2D eigenvalue weighted by molar-refractivity contribution is 6.06. The third kappa shape index (κ3) is 4.19. The molecule has 1 aliphatic carbocycles. The van der Waals surface area contributed by atoms with Gasteiger partial charge in [-0.2, -0.15) is 0 Å². The third-order valence-electron chi connectivity index (χ3n) is 6.71. The molecule has 1 saturated carbocycles. The van der Waals surface area contributed by atoms with E-state index in [1.807, 2.05) is 26.8 Å². The molecule has 2 N–H and O–H groups in total. The summed E-state index contributed by atoms with van der Waals surface area (Å²) in [4.78, 5) is 24.4. The molecule has 0 bridgehead atoms. The fourth-order valence-corrected chi connectivity index (χ4v) is 4.50. The Morgan fingerprint density at radius 1 is 1.14 bits per heavy atom. The van der Waals surface area contributed by atoms with E-state index in [4.69, 9.17) is 10.5 Å². The number of esters is 1. The average molecular weight is 399 g/mol. The van der Waals surface area contributed by atoms with Crippen LogP contribution in [0.5, 0.6) is 0 Å². The second kappa shape index (κ2) is 6.89. The Bertz CT molecular complexity index is 944. The minimum Gasteiger partial charge on any atom is -0.459 e. The first-order valence-electron chi connectivity index (χ1n) is 10.3. The lowest BCUT2D eigenvalue weighted by molar-refractivity contribution is -0.155. The smallest absolute Gasteiger partial charge is 0.326 e. The summed E-state index contributed by atoms with van der Waals surface area (Å²) in [6, 6.07) is 6.21. The van der Waals surface area contributed by atoms with Crippen molar-refractivity contribution in [3.05, 3.63) is 35.5 Å². The van der Waals surface area contributed by atoms with E-state index in [1.54, 1.807) is 10.8 Å². The molecular weight excluding hydrogens is 364 g/mol. The first-order chi connectivity index (χ1) is 13.2. The molecular formula is C24H34N2O3. The van der Waals surface area contributed by atoms with Gasteiger partial charge in [0.2, 0.25) is 0 Å². The number of primary amides is 1.